The van der Waals surface area contributed by atoms with Crippen LogP contribution in [0.15, 0.2) is 0 Å². The average molecular weight is 196 g/mol. The van der Waals surface area contributed by atoms with E-state index in [2.05, 4.69) is 11.8 Å². The van der Waals surface area contributed by atoms with Crippen LogP contribution in [0.2, 0.25) is 0 Å². The standard InChI is InChI=1S/C12H24N2/c1-2-12(5-3-6-12)10-14-7-4-11(8-13)9-14/h11H,2-10,13H2,1H3. The first-order valence-corrected chi connectivity index (χ1v) is 6.20. The van der Waals surface area contributed by atoms with Gasteiger partial charge >= 0.3 is 0 Å². The number of nitrogens with zero attached hydrogens (tertiary/aromatic N) is 1. The Bertz CT molecular complexity index is 181. The van der Waals surface area contributed by atoms with Crippen LogP contribution in [0.3, 0.4) is 0 Å². The molecule has 1 aliphatic carbocycles. The van der Waals surface area contributed by atoms with Crippen molar-refractivity contribution in [3.8, 4) is 0 Å². The van der Waals surface area contributed by atoms with Gasteiger partial charge in [0.05, 0.1) is 0 Å². The molecule has 0 bridgehead atoms. The quantitative estimate of drug-likeness (QED) is 0.743. The van der Waals surface area contributed by atoms with Crippen LogP contribution in [0, 0.1) is 11.3 Å². The second-order valence-electron chi connectivity index (χ2n) is 5.33. The first-order chi connectivity index (χ1) is 6.78. The molecule has 0 radical (unpaired) electrons. The highest BCUT2D eigenvalue weighted by Gasteiger charge is 2.37. The minimum absolute atomic E-state index is 0.698. The van der Waals surface area contributed by atoms with Gasteiger partial charge in [0.15, 0.2) is 0 Å². The van der Waals surface area contributed by atoms with Crippen molar-refractivity contribution in [2.45, 2.75) is 39.0 Å². The van der Waals surface area contributed by atoms with Gasteiger partial charge in [-0.15, -0.1) is 0 Å². The molecule has 1 unspecified atom stereocenters. The van der Waals surface area contributed by atoms with E-state index in [-0.39, 0.29) is 0 Å². The summed E-state index contributed by atoms with van der Waals surface area (Å²) in [6.45, 7) is 7.15. The van der Waals surface area contributed by atoms with Gasteiger partial charge in [0, 0.05) is 13.1 Å². The SMILES string of the molecule is CCC1(CN2CCC(CN)C2)CCC1. The van der Waals surface area contributed by atoms with Crippen LogP contribution in [0.5, 0.6) is 0 Å². The lowest BCUT2D eigenvalue weighted by molar-refractivity contribution is 0.0717. The second kappa shape index (κ2) is 4.19. The molecule has 2 nitrogen and oxygen atoms in total. The minimum atomic E-state index is 0.698. The van der Waals surface area contributed by atoms with E-state index in [1.807, 2.05) is 0 Å². The highest BCUT2D eigenvalue weighted by molar-refractivity contribution is 4.91. The normalized spacial score (nSPS) is 31.7. The molecule has 2 fully saturated rings. The fraction of sp³-hybridized carbons (Fsp3) is 1.00. The molecule has 0 aromatic heterocycles. The third-order valence-electron chi connectivity index (χ3n) is 4.43. The van der Waals surface area contributed by atoms with Crippen molar-refractivity contribution in [2.24, 2.45) is 17.1 Å². The number of nitrogens with two attached hydrogens (primary N) is 1. The van der Waals surface area contributed by atoms with Crippen molar-refractivity contribution in [2.75, 3.05) is 26.2 Å². The van der Waals surface area contributed by atoms with Crippen LogP contribution >= 0.6 is 0 Å². The molecule has 1 saturated carbocycles. The van der Waals surface area contributed by atoms with Crippen LogP contribution in [0.25, 0.3) is 0 Å². The van der Waals surface area contributed by atoms with Crippen molar-refractivity contribution in [1.82, 2.24) is 4.90 Å². The molecular formula is C12H24N2. The summed E-state index contributed by atoms with van der Waals surface area (Å²) in [6, 6.07) is 0. The Hall–Kier alpha value is -0.0800. The number of hydrogen-bond donors (Lipinski definition) is 1. The van der Waals surface area contributed by atoms with Crippen molar-refractivity contribution >= 4 is 0 Å². The van der Waals surface area contributed by atoms with E-state index >= 15 is 0 Å². The lowest BCUT2D eigenvalue weighted by atomic mass is 9.67. The number of rotatable bonds is 4. The number of hydrogen-bond acceptors (Lipinski definition) is 2. The van der Waals surface area contributed by atoms with Crippen LogP contribution < -0.4 is 5.73 Å². The fourth-order valence-corrected chi connectivity index (χ4v) is 3.02. The van der Waals surface area contributed by atoms with Crippen LogP contribution in [-0.4, -0.2) is 31.1 Å². The van der Waals surface area contributed by atoms with E-state index in [1.165, 1.54) is 51.7 Å². The maximum atomic E-state index is 5.71. The van der Waals surface area contributed by atoms with Crippen molar-refractivity contribution < 1.29 is 0 Å². The van der Waals surface area contributed by atoms with Crippen LogP contribution in [0.1, 0.15) is 39.0 Å². The third kappa shape index (κ3) is 1.96. The van der Waals surface area contributed by atoms with Gasteiger partial charge < -0.3 is 10.6 Å². The predicted molar refractivity (Wildman–Crippen MR) is 60.2 cm³/mol. The van der Waals surface area contributed by atoms with E-state index in [0.717, 1.165) is 12.5 Å². The van der Waals surface area contributed by atoms with Crippen molar-refractivity contribution in [3.05, 3.63) is 0 Å². The summed E-state index contributed by atoms with van der Waals surface area (Å²) in [4.78, 5) is 2.65. The third-order valence-corrected chi connectivity index (χ3v) is 4.43. The molecule has 2 heteroatoms. The van der Waals surface area contributed by atoms with Crippen molar-refractivity contribution in [1.29, 1.82) is 0 Å². The fourth-order valence-electron chi connectivity index (χ4n) is 3.02. The van der Waals surface area contributed by atoms with Gasteiger partial charge in [0.25, 0.3) is 0 Å². The maximum absolute atomic E-state index is 5.71. The summed E-state index contributed by atoms with van der Waals surface area (Å²) in [5, 5.41) is 0. The molecule has 1 saturated heterocycles. The van der Waals surface area contributed by atoms with E-state index in [1.54, 1.807) is 0 Å². The zero-order valence-corrected chi connectivity index (χ0v) is 9.47. The van der Waals surface area contributed by atoms with Gasteiger partial charge in [-0.25, -0.2) is 0 Å². The molecule has 0 aromatic rings. The maximum Gasteiger partial charge on any atom is 0.00380 e. The smallest absolute Gasteiger partial charge is 0.00380 e. The van der Waals surface area contributed by atoms with Gasteiger partial charge in [-0.1, -0.05) is 13.3 Å². The molecule has 14 heavy (non-hydrogen) atoms. The van der Waals surface area contributed by atoms with Crippen molar-refractivity contribution in [3.63, 3.8) is 0 Å². The molecule has 1 heterocycles. The van der Waals surface area contributed by atoms with Gasteiger partial charge in [0.1, 0.15) is 0 Å². The minimum Gasteiger partial charge on any atom is -0.330 e. The van der Waals surface area contributed by atoms with E-state index < -0.39 is 0 Å². The summed E-state index contributed by atoms with van der Waals surface area (Å²) in [5.41, 5.74) is 6.41. The Balaban J connectivity index is 1.80. The zero-order valence-electron chi connectivity index (χ0n) is 9.47. The lowest BCUT2D eigenvalue weighted by Crippen LogP contribution is -2.41. The van der Waals surface area contributed by atoms with E-state index in [4.69, 9.17) is 5.73 Å². The Morgan fingerprint density at radius 3 is 2.64 bits per heavy atom. The van der Waals surface area contributed by atoms with Gasteiger partial charge in [-0.05, 0) is 50.1 Å². The van der Waals surface area contributed by atoms with Crippen LogP contribution in [0.4, 0.5) is 0 Å². The topological polar surface area (TPSA) is 29.3 Å². The molecule has 2 rings (SSSR count). The summed E-state index contributed by atoms with van der Waals surface area (Å²) in [7, 11) is 0. The average Bonchev–Trinajstić information content (AvgIpc) is 2.59. The lowest BCUT2D eigenvalue weighted by Gasteiger charge is -2.44. The zero-order chi connectivity index (χ0) is 10.0. The first-order valence-electron chi connectivity index (χ1n) is 6.20. The summed E-state index contributed by atoms with van der Waals surface area (Å²) < 4.78 is 0. The summed E-state index contributed by atoms with van der Waals surface area (Å²) in [5.74, 6) is 0.781. The molecule has 82 valence electrons. The van der Waals surface area contributed by atoms with E-state index in [0.29, 0.717) is 5.41 Å². The highest BCUT2D eigenvalue weighted by Crippen LogP contribution is 2.44. The first kappa shape index (κ1) is 10.4. The van der Waals surface area contributed by atoms with Crippen LogP contribution in [-0.2, 0) is 0 Å². The Labute approximate surface area is 87.8 Å². The monoisotopic (exact) mass is 196 g/mol. The molecule has 1 atom stereocenters. The second-order valence-corrected chi connectivity index (χ2v) is 5.33. The number of likely N-dealkylation sites (tertiary alicyclic amines) is 1. The van der Waals surface area contributed by atoms with E-state index in [9.17, 15) is 0 Å². The molecule has 2 aliphatic rings. The molecule has 2 N–H and O–H groups in total. The Morgan fingerprint density at radius 1 is 1.43 bits per heavy atom. The Kier molecular flexibility index (Phi) is 3.13. The van der Waals surface area contributed by atoms with Gasteiger partial charge in [-0.3, -0.25) is 0 Å². The molecule has 0 spiro atoms. The Morgan fingerprint density at radius 2 is 2.21 bits per heavy atom. The molecule has 0 aromatic carbocycles. The largest absolute Gasteiger partial charge is 0.330 e. The summed E-state index contributed by atoms with van der Waals surface area (Å²) >= 11 is 0. The molecule has 1 aliphatic heterocycles. The predicted octanol–water partition coefficient (Wildman–Crippen LogP) is 1.85. The molecular weight excluding hydrogens is 172 g/mol. The molecule has 0 amide bonds. The van der Waals surface area contributed by atoms with Gasteiger partial charge in [-0.2, -0.15) is 0 Å². The highest BCUT2D eigenvalue weighted by atomic mass is 15.2. The van der Waals surface area contributed by atoms with Gasteiger partial charge in [0.2, 0.25) is 0 Å². The summed E-state index contributed by atoms with van der Waals surface area (Å²) in [6.07, 6.45) is 7.09.